The van der Waals surface area contributed by atoms with Crippen molar-refractivity contribution in [3.8, 4) is 0 Å². The second-order valence-electron chi connectivity index (χ2n) is 2.43. The van der Waals surface area contributed by atoms with E-state index in [-0.39, 0.29) is 5.91 Å². The molecule has 0 heterocycles. The fourth-order valence-corrected chi connectivity index (χ4v) is 0.725. The van der Waals surface area contributed by atoms with Gasteiger partial charge in [0.1, 0.15) is 0 Å². The van der Waals surface area contributed by atoms with Crippen LogP contribution in [0.1, 0.15) is 6.92 Å². The third kappa shape index (κ3) is 13.2. The van der Waals surface area contributed by atoms with E-state index in [0.29, 0.717) is 0 Å². The summed E-state index contributed by atoms with van der Waals surface area (Å²) in [6.07, 6.45) is 0. The van der Waals surface area contributed by atoms with Crippen molar-refractivity contribution in [3.63, 3.8) is 0 Å². The SMILES string of the molecule is CC(=O)Nc1ccccc1.O=S(=O)(Cl)Cl. The fourth-order valence-electron chi connectivity index (χ4n) is 0.725. The minimum absolute atomic E-state index is 0.0359. The van der Waals surface area contributed by atoms with Crippen molar-refractivity contribution in [1.29, 1.82) is 0 Å². The van der Waals surface area contributed by atoms with Crippen molar-refractivity contribution in [3.05, 3.63) is 30.3 Å². The maximum absolute atomic E-state index is 10.5. The Morgan fingerprint density at radius 3 is 1.93 bits per heavy atom. The number of benzene rings is 1. The van der Waals surface area contributed by atoms with Crippen molar-refractivity contribution in [1.82, 2.24) is 0 Å². The number of hydrogen-bond acceptors (Lipinski definition) is 3. The first-order valence-electron chi connectivity index (χ1n) is 3.76. The molecule has 0 unspecified atom stereocenters. The van der Waals surface area contributed by atoms with Crippen LogP contribution in [0.4, 0.5) is 5.69 Å². The average Bonchev–Trinajstić information content (AvgIpc) is 2.01. The number of carbonyl (C=O) groups is 1. The topological polar surface area (TPSA) is 63.2 Å². The van der Waals surface area contributed by atoms with Gasteiger partial charge in [0.15, 0.2) is 0 Å². The Balaban J connectivity index is 0.000000336. The number of hydrogen-bond donors (Lipinski definition) is 1. The van der Waals surface area contributed by atoms with Gasteiger partial charge in [-0.15, -0.1) is 0 Å². The molecule has 4 nitrogen and oxygen atoms in total. The van der Waals surface area contributed by atoms with Crippen LogP contribution in [0, 0.1) is 0 Å². The van der Waals surface area contributed by atoms with Crippen molar-refractivity contribution >= 4 is 41.2 Å². The van der Waals surface area contributed by atoms with Crippen LogP contribution in [-0.4, -0.2) is 14.3 Å². The normalized spacial score (nSPS) is 9.80. The summed E-state index contributed by atoms with van der Waals surface area (Å²) in [4.78, 5) is 10.5. The van der Waals surface area contributed by atoms with E-state index in [9.17, 15) is 4.79 Å². The van der Waals surface area contributed by atoms with Gasteiger partial charge in [-0.1, -0.05) is 18.2 Å². The van der Waals surface area contributed by atoms with Crippen LogP contribution >= 0.6 is 21.4 Å². The first kappa shape index (κ1) is 14.2. The Morgan fingerprint density at radius 2 is 1.60 bits per heavy atom. The molecule has 0 bridgehead atoms. The quantitative estimate of drug-likeness (QED) is 0.797. The van der Waals surface area contributed by atoms with Gasteiger partial charge in [0, 0.05) is 34.0 Å². The Labute approximate surface area is 97.1 Å². The molecule has 1 aromatic rings. The predicted octanol–water partition coefficient (Wildman–Crippen LogP) is 2.35. The van der Waals surface area contributed by atoms with E-state index in [1.807, 2.05) is 30.3 Å². The van der Waals surface area contributed by atoms with E-state index in [0.717, 1.165) is 5.69 Å². The first-order chi connectivity index (χ1) is 6.79. The van der Waals surface area contributed by atoms with Crippen molar-refractivity contribution in [2.24, 2.45) is 0 Å². The van der Waals surface area contributed by atoms with Gasteiger partial charge in [-0.2, -0.15) is 8.42 Å². The minimum atomic E-state index is -3.72. The Bertz CT molecular complexity index is 397. The molecule has 0 fully saturated rings. The van der Waals surface area contributed by atoms with Gasteiger partial charge in [0.05, 0.1) is 0 Å². The summed E-state index contributed by atoms with van der Waals surface area (Å²) in [5.74, 6) is -0.0359. The second-order valence-corrected chi connectivity index (χ2v) is 6.09. The highest BCUT2D eigenvalue weighted by atomic mass is 36.0. The third-order valence-electron chi connectivity index (χ3n) is 1.09. The molecule has 15 heavy (non-hydrogen) atoms. The summed E-state index contributed by atoms with van der Waals surface area (Å²) >= 11 is 0. The molecule has 1 amide bonds. The lowest BCUT2D eigenvalue weighted by Crippen LogP contribution is -2.04. The van der Waals surface area contributed by atoms with Gasteiger partial charge < -0.3 is 5.32 Å². The van der Waals surface area contributed by atoms with E-state index in [4.69, 9.17) is 8.42 Å². The molecule has 0 aliphatic carbocycles. The Kier molecular flexibility index (Phi) is 6.31. The van der Waals surface area contributed by atoms with E-state index >= 15 is 0 Å². The third-order valence-corrected chi connectivity index (χ3v) is 1.09. The molecule has 0 saturated heterocycles. The molecule has 0 radical (unpaired) electrons. The monoisotopic (exact) mass is 269 g/mol. The molecule has 7 heteroatoms. The first-order valence-corrected chi connectivity index (χ1v) is 6.89. The molecule has 0 aliphatic heterocycles. The molecule has 1 aromatic carbocycles. The molecule has 84 valence electrons. The number of nitrogens with one attached hydrogen (secondary N) is 1. The van der Waals surface area contributed by atoms with Crippen LogP contribution in [-0.2, 0) is 13.1 Å². The summed E-state index contributed by atoms with van der Waals surface area (Å²) in [5.41, 5.74) is 0.843. The molecule has 0 aliphatic rings. The zero-order valence-electron chi connectivity index (χ0n) is 7.78. The summed E-state index contributed by atoms with van der Waals surface area (Å²) in [7, 11) is 4.81. The zero-order chi connectivity index (χ0) is 11.9. The molecule has 0 aromatic heterocycles. The minimum Gasteiger partial charge on any atom is -0.326 e. The van der Waals surface area contributed by atoms with Gasteiger partial charge in [-0.05, 0) is 12.1 Å². The number of amides is 1. The highest BCUT2D eigenvalue weighted by Gasteiger charge is 1.90. The highest BCUT2D eigenvalue weighted by molar-refractivity contribution is 8.31. The molecule has 0 saturated carbocycles. The summed E-state index contributed by atoms with van der Waals surface area (Å²) < 4.78 is 18.3. The molecule has 0 spiro atoms. The summed E-state index contributed by atoms with van der Waals surface area (Å²) in [6, 6.07) is 9.37. The largest absolute Gasteiger partial charge is 0.326 e. The lowest BCUT2D eigenvalue weighted by atomic mass is 10.3. The smallest absolute Gasteiger partial charge is 0.317 e. The summed E-state index contributed by atoms with van der Waals surface area (Å²) in [6.45, 7) is 1.49. The number of halogens is 2. The molecular formula is C8H9Cl2NO3S. The van der Waals surface area contributed by atoms with Crippen LogP contribution in [0.25, 0.3) is 0 Å². The van der Waals surface area contributed by atoms with Crippen LogP contribution in [0.2, 0.25) is 0 Å². The van der Waals surface area contributed by atoms with E-state index in [1.54, 1.807) is 0 Å². The van der Waals surface area contributed by atoms with E-state index < -0.39 is 8.26 Å². The fraction of sp³-hybridized carbons (Fsp3) is 0.125. The van der Waals surface area contributed by atoms with E-state index in [2.05, 4.69) is 26.7 Å². The van der Waals surface area contributed by atoms with Crippen LogP contribution in [0.3, 0.4) is 0 Å². The van der Waals surface area contributed by atoms with Gasteiger partial charge in [-0.25, -0.2) is 0 Å². The van der Waals surface area contributed by atoms with Gasteiger partial charge >= 0.3 is 8.26 Å². The average molecular weight is 270 g/mol. The van der Waals surface area contributed by atoms with Crippen LogP contribution < -0.4 is 5.32 Å². The van der Waals surface area contributed by atoms with Crippen molar-refractivity contribution in [2.45, 2.75) is 6.92 Å². The number of para-hydroxylation sites is 1. The highest BCUT2D eigenvalue weighted by Crippen LogP contribution is 2.03. The number of anilines is 1. The molecular weight excluding hydrogens is 261 g/mol. The van der Waals surface area contributed by atoms with Gasteiger partial charge in [0.2, 0.25) is 5.91 Å². The van der Waals surface area contributed by atoms with Crippen molar-refractivity contribution in [2.75, 3.05) is 5.32 Å². The van der Waals surface area contributed by atoms with Crippen LogP contribution in [0.5, 0.6) is 0 Å². The van der Waals surface area contributed by atoms with Crippen molar-refractivity contribution < 1.29 is 13.2 Å². The predicted molar refractivity (Wildman–Crippen MR) is 61.4 cm³/mol. The van der Waals surface area contributed by atoms with Crippen LogP contribution in [0.15, 0.2) is 30.3 Å². The zero-order valence-corrected chi connectivity index (χ0v) is 10.1. The van der Waals surface area contributed by atoms with Gasteiger partial charge in [0.25, 0.3) is 0 Å². The Hall–Kier alpha value is -0.780. The second kappa shape index (κ2) is 6.66. The maximum Gasteiger partial charge on any atom is 0.317 e. The number of rotatable bonds is 1. The molecule has 1 rings (SSSR count). The number of carbonyl (C=O) groups excluding carboxylic acids is 1. The summed E-state index contributed by atoms with van der Waals surface area (Å²) in [5, 5.41) is 2.67. The standard InChI is InChI=1S/C8H9NO.Cl2O2S/c1-7(10)9-8-5-3-2-4-6-8;1-5(2,3)4/h2-6H,1H3,(H,9,10);. The molecule has 0 atom stereocenters. The lowest BCUT2D eigenvalue weighted by Gasteiger charge is -1.98. The molecule has 1 N–H and O–H groups in total. The maximum atomic E-state index is 10.5. The van der Waals surface area contributed by atoms with Gasteiger partial charge in [-0.3, -0.25) is 4.79 Å². The van der Waals surface area contributed by atoms with E-state index in [1.165, 1.54) is 6.92 Å². The Morgan fingerprint density at radius 1 is 1.20 bits per heavy atom. The lowest BCUT2D eigenvalue weighted by molar-refractivity contribution is -0.114.